The van der Waals surface area contributed by atoms with Crippen molar-refractivity contribution in [2.45, 2.75) is 13.3 Å². The number of benzene rings is 2. The van der Waals surface area contributed by atoms with E-state index < -0.39 is 0 Å². The molecule has 0 saturated carbocycles. The molecule has 0 aliphatic rings. The lowest BCUT2D eigenvalue weighted by Crippen LogP contribution is -1.97. The Bertz CT molecular complexity index is 560. The van der Waals surface area contributed by atoms with Crippen LogP contribution in [0, 0.1) is 5.82 Å². The minimum absolute atomic E-state index is 0.378. The number of ether oxygens (including phenoxy) is 1. The minimum Gasteiger partial charge on any atom is -0.494 e. The number of anilines is 2. The SMILES string of the molecule is CCCOc1cccc(Nc2ccc(Cl)cc2F)c1. The molecule has 0 radical (unpaired) electrons. The molecule has 0 saturated heterocycles. The van der Waals surface area contributed by atoms with Crippen molar-refractivity contribution in [2.24, 2.45) is 0 Å². The Kier molecular flexibility index (Phi) is 4.63. The van der Waals surface area contributed by atoms with Gasteiger partial charge in [-0.25, -0.2) is 4.39 Å². The van der Waals surface area contributed by atoms with Crippen molar-refractivity contribution in [3.05, 3.63) is 53.3 Å². The molecular formula is C15H15ClFNO. The number of hydrogen-bond acceptors (Lipinski definition) is 2. The molecule has 100 valence electrons. The summed E-state index contributed by atoms with van der Waals surface area (Å²) in [5, 5.41) is 3.38. The normalized spacial score (nSPS) is 10.3. The van der Waals surface area contributed by atoms with Crippen molar-refractivity contribution in [3.8, 4) is 5.75 Å². The Balaban J connectivity index is 2.14. The molecule has 2 rings (SSSR count). The molecule has 19 heavy (non-hydrogen) atoms. The zero-order chi connectivity index (χ0) is 13.7. The second-order valence-electron chi connectivity index (χ2n) is 4.13. The third-order valence-electron chi connectivity index (χ3n) is 2.52. The Morgan fingerprint density at radius 1 is 1.21 bits per heavy atom. The average molecular weight is 280 g/mol. The van der Waals surface area contributed by atoms with Crippen LogP contribution in [0.4, 0.5) is 15.8 Å². The lowest BCUT2D eigenvalue weighted by Gasteiger charge is -2.10. The molecular weight excluding hydrogens is 265 g/mol. The maximum absolute atomic E-state index is 13.7. The van der Waals surface area contributed by atoms with E-state index in [0.717, 1.165) is 17.9 Å². The summed E-state index contributed by atoms with van der Waals surface area (Å²) in [7, 11) is 0. The van der Waals surface area contributed by atoms with Crippen LogP contribution in [0.25, 0.3) is 0 Å². The summed E-state index contributed by atoms with van der Waals surface area (Å²) in [6.07, 6.45) is 0.948. The summed E-state index contributed by atoms with van der Waals surface area (Å²) in [5.41, 5.74) is 1.16. The predicted octanol–water partition coefficient (Wildman–Crippen LogP) is 5.01. The van der Waals surface area contributed by atoms with Gasteiger partial charge in [-0.15, -0.1) is 0 Å². The van der Waals surface area contributed by atoms with E-state index in [2.05, 4.69) is 5.32 Å². The van der Waals surface area contributed by atoms with Gasteiger partial charge in [0.25, 0.3) is 0 Å². The smallest absolute Gasteiger partial charge is 0.148 e. The summed E-state index contributed by atoms with van der Waals surface area (Å²) < 4.78 is 19.2. The van der Waals surface area contributed by atoms with Crippen molar-refractivity contribution in [2.75, 3.05) is 11.9 Å². The average Bonchev–Trinajstić information content (AvgIpc) is 2.40. The van der Waals surface area contributed by atoms with E-state index in [9.17, 15) is 4.39 Å². The van der Waals surface area contributed by atoms with E-state index in [4.69, 9.17) is 16.3 Å². The Labute approximate surface area is 117 Å². The van der Waals surface area contributed by atoms with Crippen LogP contribution in [0.15, 0.2) is 42.5 Å². The lowest BCUT2D eigenvalue weighted by molar-refractivity contribution is 0.317. The van der Waals surface area contributed by atoms with Crippen LogP contribution in [0.3, 0.4) is 0 Å². The van der Waals surface area contributed by atoms with E-state index in [1.54, 1.807) is 12.1 Å². The summed E-state index contributed by atoms with van der Waals surface area (Å²) in [6.45, 7) is 2.71. The molecule has 0 atom stereocenters. The van der Waals surface area contributed by atoms with Crippen LogP contribution in [0.5, 0.6) is 5.75 Å². The number of rotatable bonds is 5. The zero-order valence-electron chi connectivity index (χ0n) is 10.6. The molecule has 0 aromatic heterocycles. The van der Waals surface area contributed by atoms with Crippen LogP contribution < -0.4 is 10.1 Å². The van der Waals surface area contributed by atoms with E-state index in [1.807, 2.05) is 31.2 Å². The highest BCUT2D eigenvalue weighted by atomic mass is 35.5. The third kappa shape index (κ3) is 3.86. The summed E-state index contributed by atoms with van der Waals surface area (Å²) in [4.78, 5) is 0. The van der Waals surface area contributed by atoms with Gasteiger partial charge in [-0.1, -0.05) is 24.6 Å². The van der Waals surface area contributed by atoms with Gasteiger partial charge in [0, 0.05) is 16.8 Å². The first-order valence-corrected chi connectivity index (χ1v) is 6.52. The molecule has 4 heteroatoms. The van der Waals surface area contributed by atoms with Crippen molar-refractivity contribution in [3.63, 3.8) is 0 Å². The van der Waals surface area contributed by atoms with Crippen LogP contribution in [0.2, 0.25) is 5.02 Å². The highest BCUT2D eigenvalue weighted by Crippen LogP contribution is 2.25. The molecule has 2 aromatic carbocycles. The second-order valence-corrected chi connectivity index (χ2v) is 4.56. The van der Waals surface area contributed by atoms with Gasteiger partial charge in [-0.2, -0.15) is 0 Å². The topological polar surface area (TPSA) is 21.3 Å². The van der Waals surface area contributed by atoms with Crippen LogP contribution in [-0.2, 0) is 0 Å². The van der Waals surface area contributed by atoms with Crippen LogP contribution in [-0.4, -0.2) is 6.61 Å². The Morgan fingerprint density at radius 3 is 2.79 bits per heavy atom. The molecule has 0 spiro atoms. The number of halogens is 2. The second kappa shape index (κ2) is 6.43. The molecule has 2 nitrogen and oxygen atoms in total. The predicted molar refractivity (Wildman–Crippen MR) is 76.9 cm³/mol. The zero-order valence-corrected chi connectivity index (χ0v) is 11.4. The summed E-state index contributed by atoms with van der Waals surface area (Å²) >= 11 is 5.71. The van der Waals surface area contributed by atoms with Crippen LogP contribution >= 0.6 is 11.6 Å². The summed E-state index contributed by atoms with van der Waals surface area (Å²) in [5.74, 6) is 0.383. The van der Waals surface area contributed by atoms with Crippen LogP contribution in [0.1, 0.15) is 13.3 Å². The van der Waals surface area contributed by atoms with Crippen molar-refractivity contribution in [1.29, 1.82) is 0 Å². The molecule has 0 aliphatic carbocycles. The third-order valence-corrected chi connectivity index (χ3v) is 2.75. The largest absolute Gasteiger partial charge is 0.494 e. The molecule has 0 aliphatic heterocycles. The Hall–Kier alpha value is -1.74. The first-order valence-electron chi connectivity index (χ1n) is 6.14. The fourth-order valence-electron chi connectivity index (χ4n) is 1.63. The molecule has 1 N–H and O–H groups in total. The molecule has 0 heterocycles. The standard InChI is InChI=1S/C15H15ClFNO/c1-2-8-19-13-5-3-4-12(10-13)18-15-7-6-11(16)9-14(15)17/h3-7,9-10,18H,2,8H2,1H3. The number of nitrogens with one attached hydrogen (secondary N) is 1. The Morgan fingerprint density at radius 2 is 2.05 bits per heavy atom. The molecule has 0 unspecified atom stereocenters. The van der Waals surface area contributed by atoms with E-state index in [0.29, 0.717) is 17.3 Å². The fourth-order valence-corrected chi connectivity index (χ4v) is 1.79. The van der Waals surface area contributed by atoms with Gasteiger partial charge in [0.1, 0.15) is 11.6 Å². The lowest BCUT2D eigenvalue weighted by atomic mass is 10.2. The van der Waals surface area contributed by atoms with Crippen molar-refractivity contribution >= 4 is 23.0 Å². The first-order chi connectivity index (χ1) is 9.19. The van der Waals surface area contributed by atoms with Gasteiger partial charge < -0.3 is 10.1 Å². The minimum atomic E-state index is -0.382. The first kappa shape index (κ1) is 13.7. The fraction of sp³-hybridized carbons (Fsp3) is 0.200. The highest BCUT2D eigenvalue weighted by Gasteiger charge is 2.04. The highest BCUT2D eigenvalue weighted by molar-refractivity contribution is 6.30. The van der Waals surface area contributed by atoms with Crippen molar-refractivity contribution < 1.29 is 9.13 Å². The summed E-state index contributed by atoms with van der Waals surface area (Å²) in [6, 6.07) is 12.0. The maximum atomic E-state index is 13.7. The van der Waals surface area contributed by atoms with Gasteiger partial charge in [-0.3, -0.25) is 0 Å². The van der Waals surface area contributed by atoms with Crippen molar-refractivity contribution in [1.82, 2.24) is 0 Å². The van der Waals surface area contributed by atoms with Gasteiger partial charge in [0.15, 0.2) is 0 Å². The molecule has 0 amide bonds. The van der Waals surface area contributed by atoms with E-state index in [1.165, 1.54) is 6.07 Å². The molecule has 2 aromatic rings. The van der Waals surface area contributed by atoms with E-state index >= 15 is 0 Å². The molecule has 0 bridgehead atoms. The van der Waals surface area contributed by atoms with E-state index in [-0.39, 0.29) is 5.82 Å². The van der Waals surface area contributed by atoms with Gasteiger partial charge >= 0.3 is 0 Å². The monoisotopic (exact) mass is 279 g/mol. The van der Waals surface area contributed by atoms with Gasteiger partial charge in [0.05, 0.1) is 12.3 Å². The maximum Gasteiger partial charge on any atom is 0.148 e. The molecule has 0 fully saturated rings. The quantitative estimate of drug-likeness (QED) is 0.830. The number of hydrogen-bond donors (Lipinski definition) is 1. The van der Waals surface area contributed by atoms with Gasteiger partial charge in [-0.05, 0) is 36.8 Å². The van der Waals surface area contributed by atoms with Gasteiger partial charge in [0.2, 0.25) is 0 Å².